The number of carboxylic acid groups (broad SMARTS) is 1. The Labute approximate surface area is 132 Å². The van der Waals surface area contributed by atoms with Crippen molar-refractivity contribution >= 4 is 28.5 Å². The number of para-hydroxylation sites is 1. The number of hydrogen-bond acceptors (Lipinski definition) is 3. The number of hydrogen-bond donors (Lipinski definition) is 3. The fourth-order valence-electron chi connectivity index (χ4n) is 2.36. The summed E-state index contributed by atoms with van der Waals surface area (Å²) in [5.41, 5.74) is 2.80. The minimum absolute atomic E-state index is 0.0908. The molecule has 1 amide bonds. The molecule has 0 atom stereocenters. The van der Waals surface area contributed by atoms with Gasteiger partial charge in [0.1, 0.15) is 0 Å². The lowest BCUT2D eigenvalue weighted by atomic mass is 10.1. The van der Waals surface area contributed by atoms with Crippen molar-refractivity contribution in [3.05, 3.63) is 59.8 Å². The average molecular weight is 309 g/mol. The van der Waals surface area contributed by atoms with Gasteiger partial charge in [-0.1, -0.05) is 24.3 Å². The number of aryl methyl sites for hydroxylation is 1. The van der Waals surface area contributed by atoms with Crippen molar-refractivity contribution in [2.75, 3.05) is 5.32 Å². The first-order chi connectivity index (χ1) is 11.1. The number of aromatic amines is 1. The van der Waals surface area contributed by atoms with Gasteiger partial charge in [0.2, 0.25) is 0 Å². The van der Waals surface area contributed by atoms with Crippen molar-refractivity contribution in [2.24, 2.45) is 0 Å². The molecule has 0 aliphatic rings. The van der Waals surface area contributed by atoms with Crippen molar-refractivity contribution in [3.8, 4) is 0 Å². The number of nitrogens with one attached hydrogen (secondary N) is 2. The van der Waals surface area contributed by atoms with Crippen LogP contribution in [0.1, 0.15) is 22.3 Å². The van der Waals surface area contributed by atoms with Crippen LogP contribution in [0.4, 0.5) is 5.69 Å². The van der Waals surface area contributed by atoms with E-state index in [1.807, 2.05) is 24.3 Å². The summed E-state index contributed by atoms with van der Waals surface area (Å²) in [6, 6.07) is 12.6. The summed E-state index contributed by atoms with van der Waals surface area (Å²) < 4.78 is 0. The summed E-state index contributed by atoms with van der Waals surface area (Å²) in [4.78, 5) is 23.0. The van der Waals surface area contributed by atoms with Gasteiger partial charge in [-0.15, -0.1) is 0 Å². The number of carbonyl (C=O) groups is 2. The van der Waals surface area contributed by atoms with Crippen molar-refractivity contribution in [2.45, 2.75) is 12.8 Å². The Balaban J connectivity index is 1.73. The number of carboxylic acids is 1. The molecule has 0 spiro atoms. The molecule has 1 aromatic heterocycles. The van der Waals surface area contributed by atoms with Gasteiger partial charge in [-0.05, 0) is 30.2 Å². The van der Waals surface area contributed by atoms with E-state index in [1.165, 1.54) is 0 Å². The summed E-state index contributed by atoms with van der Waals surface area (Å²) in [6.07, 6.45) is 2.23. The molecule has 116 valence electrons. The van der Waals surface area contributed by atoms with Crippen LogP contribution < -0.4 is 5.32 Å². The number of carbonyl (C=O) groups excluding carboxylic acids is 1. The van der Waals surface area contributed by atoms with E-state index in [4.69, 9.17) is 5.11 Å². The first kappa shape index (κ1) is 14.8. The largest absolute Gasteiger partial charge is 0.481 e. The molecule has 0 fully saturated rings. The Bertz CT molecular complexity index is 853. The van der Waals surface area contributed by atoms with Gasteiger partial charge in [0.15, 0.2) is 0 Å². The number of aromatic nitrogens is 2. The molecule has 3 N–H and O–H groups in total. The van der Waals surface area contributed by atoms with Crippen LogP contribution in [0, 0.1) is 0 Å². The summed E-state index contributed by atoms with van der Waals surface area (Å²) in [5, 5.41) is 19.2. The van der Waals surface area contributed by atoms with E-state index in [9.17, 15) is 9.59 Å². The lowest BCUT2D eigenvalue weighted by molar-refractivity contribution is -0.136. The normalized spacial score (nSPS) is 10.6. The van der Waals surface area contributed by atoms with Crippen molar-refractivity contribution in [1.29, 1.82) is 0 Å². The maximum atomic E-state index is 12.4. The zero-order chi connectivity index (χ0) is 16.2. The van der Waals surface area contributed by atoms with Gasteiger partial charge >= 0.3 is 5.97 Å². The minimum atomic E-state index is -0.824. The van der Waals surface area contributed by atoms with Gasteiger partial charge in [0.25, 0.3) is 5.91 Å². The summed E-state index contributed by atoms with van der Waals surface area (Å²) in [6.45, 7) is 0. The Kier molecular flexibility index (Phi) is 4.05. The number of nitrogens with zero attached hydrogens (tertiary/aromatic N) is 1. The van der Waals surface area contributed by atoms with Gasteiger partial charge in [-0.3, -0.25) is 14.7 Å². The Morgan fingerprint density at radius 3 is 2.65 bits per heavy atom. The van der Waals surface area contributed by atoms with Crippen LogP contribution in [0.2, 0.25) is 0 Å². The van der Waals surface area contributed by atoms with Crippen LogP contribution in [0.15, 0.2) is 48.7 Å². The average Bonchev–Trinajstić information content (AvgIpc) is 3.02. The molecule has 0 aliphatic heterocycles. The highest BCUT2D eigenvalue weighted by molar-refractivity contribution is 6.11. The SMILES string of the molecule is O=C(O)CCc1ccc(NC(=O)c2cccc3cn[nH]c23)cc1. The molecule has 0 radical (unpaired) electrons. The topological polar surface area (TPSA) is 95.1 Å². The third kappa shape index (κ3) is 3.37. The first-order valence-corrected chi connectivity index (χ1v) is 7.17. The number of fused-ring (bicyclic) bond motifs is 1. The fourth-order valence-corrected chi connectivity index (χ4v) is 2.36. The van der Waals surface area contributed by atoms with Crippen LogP contribution in [0.3, 0.4) is 0 Å². The summed E-state index contributed by atoms with van der Waals surface area (Å²) in [7, 11) is 0. The molecule has 0 saturated carbocycles. The maximum absolute atomic E-state index is 12.4. The zero-order valence-electron chi connectivity index (χ0n) is 12.2. The monoisotopic (exact) mass is 309 g/mol. The highest BCUT2D eigenvalue weighted by Gasteiger charge is 2.11. The van der Waals surface area contributed by atoms with E-state index in [1.54, 1.807) is 24.4 Å². The number of aliphatic carboxylic acids is 1. The van der Waals surface area contributed by atoms with Crippen molar-refractivity contribution in [3.63, 3.8) is 0 Å². The molecule has 0 saturated heterocycles. The van der Waals surface area contributed by atoms with Crippen LogP contribution in [0.5, 0.6) is 0 Å². The predicted molar refractivity (Wildman–Crippen MR) is 86.4 cm³/mol. The Morgan fingerprint density at radius 2 is 1.91 bits per heavy atom. The number of amides is 1. The first-order valence-electron chi connectivity index (χ1n) is 7.17. The van der Waals surface area contributed by atoms with Crippen LogP contribution >= 0.6 is 0 Å². The molecule has 23 heavy (non-hydrogen) atoms. The highest BCUT2D eigenvalue weighted by Crippen LogP contribution is 2.18. The Morgan fingerprint density at radius 1 is 1.13 bits per heavy atom. The van der Waals surface area contributed by atoms with E-state index in [-0.39, 0.29) is 12.3 Å². The van der Waals surface area contributed by atoms with Crippen molar-refractivity contribution in [1.82, 2.24) is 10.2 Å². The highest BCUT2D eigenvalue weighted by atomic mass is 16.4. The third-order valence-electron chi connectivity index (χ3n) is 3.56. The second-order valence-corrected chi connectivity index (χ2v) is 5.18. The molecule has 3 rings (SSSR count). The molecule has 6 nitrogen and oxygen atoms in total. The quantitative estimate of drug-likeness (QED) is 0.675. The number of anilines is 1. The predicted octanol–water partition coefficient (Wildman–Crippen LogP) is 2.83. The molecule has 0 unspecified atom stereocenters. The molecule has 3 aromatic rings. The number of rotatable bonds is 5. The van der Waals surface area contributed by atoms with Gasteiger partial charge in [-0.25, -0.2) is 0 Å². The third-order valence-corrected chi connectivity index (χ3v) is 3.56. The van der Waals surface area contributed by atoms with Gasteiger partial charge < -0.3 is 10.4 Å². The van der Waals surface area contributed by atoms with Gasteiger partial charge in [0, 0.05) is 17.5 Å². The molecular weight excluding hydrogens is 294 g/mol. The number of benzene rings is 2. The van der Waals surface area contributed by atoms with E-state index in [0.717, 1.165) is 10.9 Å². The van der Waals surface area contributed by atoms with E-state index >= 15 is 0 Å². The van der Waals surface area contributed by atoms with Gasteiger partial charge in [0.05, 0.1) is 17.3 Å². The minimum Gasteiger partial charge on any atom is -0.481 e. The molecule has 0 aliphatic carbocycles. The lowest BCUT2D eigenvalue weighted by Crippen LogP contribution is -2.12. The van der Waals surface area contributed by atoms with Crippen LogP contribution in [-0.4, -0.2) is 27.2 Å². The molecule has 1 heterocycles. The second-order valence-electron chi connectivity index (χ2n) is 5.18. The van der Waals surface area contributed by atoms with Crippen molar-refractivity contribution < 1.29 is 14.7 Å². The molecule has 6 heteroatoms. The fraction of sp³-hybridized carbons (Fsp3) is 0.118. The smallest absolute Gasteiger partial charge is 0.303 e. The molecule has 0 bridgehead atoms. The maximum Gasteiger partial charge on any atom is 0.303 e. The van der Waals surface area contributed by atoms with E-state index in [0.29, 0.717) is 23.2 Å². The zero-order valence-corrected chi connectivity index (χ0v) is 12.2. The van der Waals surface area contributed by atoms with Crippen LogP contribution in [0.25, 0.3) is 10.9 Å². The van der Waals surface area contributed by atoms with E-state index < -0.39 is 5.97 Å². The van der Waals surface area contributed by atoms with Crippen LogP contribution in [-0.2, 0) is 11.2 Å². The lowest BCUT2D eigenvalue weighted by Gasteiger charge is -2.07. The molecule has 2 aromatic carbocycles. The second kappa shape index (κ2) is 6.31. The molecular formula is C17H15N3O3. The summed E-state index contributed by atoms with van der Waals surface area (Å²) in [5.74, 6) is -1.05. The summed E-state index contributed by atoms with van der Waals surface area (Å²) >= 11 is 0. The van der Waals surface area contributed by atoms with Gasteiger partial charge in [-0.2, -0.15) is 5.10 Å². The number of H-pyrrole nitrogens is 1. The van der Waals surface area contributed by atoms with E-state index in [2.05, 4.69) is 15.5 Å². The Hall–Kier alpha value is -3.15. The standard InChI is InChI=1S/C17H15N3O3/c21-15(22)9-6-11-4-7-13(8-5-11)19-17(23)14-3-1-2-12-10-18-20-16(12)14/h1-5,7-8,10H,6,9H2,(H,18,20)(H,19,23)(H,21,22).